The Balaban J connectivity index is 0.00000289. The monoisotopic (exact) mass is 379 g/mol. The summed E-state index contributed by atoms with van der Waals surface area (Å²) in [6.45, 7) is 6.92. The molecule has 3 N–H and O–H groups in total. The van der Waals surface area contributed by atoms with Gasteiger partial charge in [-0.2, -0.15) is 0 Å². The number of guanidine groups is 1. The molecule has 18 heavy (non-hydrogen) atoms. The van der Waals surface area contributed by atoms with E-state index in [0.29, 0.717) is 5.96 Å². The average molecular weight is 379 g/mol. The molecule has 0 spiro atoms. The van der Waals surface area contributed by atoms with Gasteiger partial charge in [-0.05, 0) is 32.9 Å². The molecular weight excluding hydrogens is 357 g/mol. The van der Waals surface area contributed by atoms with E-state index >= 15 is 0 Å². The molecule has 0 unspecified atom stereocenters. The van der Waals surface area contributed by atoms with E-state index in [-0.39, 0.29) is 29.5 Å². The van der Waals surface area contributed by atoms with Crippen LogP contribution in [0, 0.1) is 0 Å². The van der Waals surface area contributed by atoms with Gasteiger partial charge in [0.15, 0.2) is 5.96 Å². The van der Waals surface area contributed by atoms with E-state index in [1.54, 1.807) is 11.8 Å². The molecule has 0 amide bonds. The number of nitrogens with zero attached hydrogens (tertiary/aromatic N) is 1. The van der Waals surface area contributed by atoms with Crippen molar-refractivity contribution in [1.29, 1.82) is 0 Å². The number of nitrogens with two attached hydrogens (primary N) is 1. The number of benzene rings is 1. The van der Waals surface area contributed by atoms with Crippen molar-refractivity contribution in [2.24, 2.45) is 10.7 Å². The second-order valence-electron chi connectivity index (χ2n) is 4.80. The van der Waals surface area contributed by atoms with Crippen molar-refractivity contribution in [3.8, 4) is 0 Å². The Morgan fingerprint density at radius 2 is 1.89 bits per heavy atom. The summed E-state index contributed by atoms with van der Waals surface area (Å²) < 4.78 is 0. The first-order chi connectivity index (χ1) is 7.97. The number of halogens is 1. The van der Waals surface area contributed by atoms with Crippen LogP contribution >= 0.6 is 35.7 Å². The Morgan fingerprint density at radius 1 is 1.28 bits per heavy atom. The summed E-state index contributed by atoms with van der Waals surface area (Å²) in [6.07, 6.45) is 0. The first-order valence-corrected chi connectivity index (χ1v) is 6.72. The van der Waals surface area contributed by atoms with Crippen molar-refractivity contribution in [2.75, 3.05) is 12.3 Å². The molecule has 1 aromatic carbocycles. The topological polar surface area (TPSA) is 50.4 Å². The minimum atomic E-state index is -0.0276. The van der Waals surface area contributed by atoms with Gasteiger partial charge in [-0.25, -0.2) is 0 Å². The Labute approximate surface area is 131 Å². The maximum Gasteiger partial charge on any atom is 0.189 e. The number of nitrogens with one attached hydrogen (secondary N) is 1. The Bertz CT molecular complexity index is 360. The molecule has 3 nitrogen and oxygen atoms in total. The van der Waals surface area contributed by atoms with Crippen LogP contribution in [-0.2, 0) is 0 Å². The van der Waals surface area contributed by atoms with Crippen LogP contribution in [-0.4, -0.2) is 23.8 Å². The molecule has 0 fully saturated rings. The van der Waals surface area contributed by atoms with E-state index in [1.165, 1.54) is 4.90 Å². The van der Waals surface area contributed by atoms with Gasteiger partial charge in [0, 0.05) is 16.2 Å². The highest BCUT2D eigenvalue weighted by molar-refractivity contribution is 14.0. The van der Waals surface area contributed by atoms with E-state index in [2.05, 4.69) is 43.2 Å². The van der Waals surface area contributed by atoms with Crippen molar-refractivity contribution in [1.82, 2.24) is 5.32 Å². The summed E-state index contributed by atoms with van der Waals surface area (Å²) in [5, 5.41) is 3.14. The summed E-state index contributed by atoms with van der Waals surface area (Å²) >= 11 is 1.79. The fourth-order valence-electron chi connectivity index (χ4n) is 1.27. The third-order valence-corrected chi connectivity index (χ3v) is 2.88. The number of aliphatic imine (C=N–C) groups is 1. The first kappa shape index (κ1) is 17.6. The fraction of sp³-hybridized carbons (Fsp3) is 0.462. The highest BCUT2D eigenvalue weighted by atomic mass is 127. The lowest BCUT2D eigenvalue weighted by molar-refractivity contribution is 0.508. The SMILES string of the molecule is CC(C)(C)NC(N)=NCCSc1ccccc1.I. The standard InChI is InChI=1S/C13H21N3S.HI/c1-13(2,3)16-12(14)15-9-10-17-11-7-5-4-6-8-11;/h4-8H,9-10H2,1-3H3,(H3,14,15,16);1H. The summed E-state index contributed by atoms with van der Waals surface area (Å²) in [7, 11) is 0. The Hall–Kier alpha value is -0.430. The van der Waals surface area contributed by atoms with Gasteiger partial charge in [-0.3, -0.25) is 4.99 Å². The van der Waals surface area contributed by atoms with Crippen molar-refractivity contribution < 1.29 is 0 Å². The molecule has 0 saturated heterocycles. The number of thioether (sulfide) groups is 1. The normalized spacial score (nSPS) is 11.8. The first-order valence-electron chi connectivity index (χ1n) is 5.73. The molecule has 1 rings (SSSR count). The van der Waals surface area contributed by atoms with Crippen LogP contribution in [0.3, 0.4) is 0 Å². The maximum absolute atomic E-state index is 5.77. The van der Waals surface area contributed by atoms with Crippen LogP contribution in [0.5, 0.6) is 0 Å². The van der Waals surface area contributed by atoms with Crippen LogP contribution in [0.15, 0.2) is 40.2 Å². The third kappa shape index (κ3) is 8.63. The molecule has 0 atom stereocenters. The molecule has 5 heteroatoms. The number of hydrogen-bond donors (Lipinski definition) is 2. The van der Waals surface area contributed by atoms with Crippen molar-refractivity contribution >= 4 is 41.7 Å². The zero-order valence-electron chi connectivity index (χ0n) is 11.1. The van der Waals surface area contributed by atoms with Gasteiger partial charge in [0.2, 0.25) is 0 Å². The van der Waals surface area contributed by atoms with E-state index in [0.717, 1.165) is 12.3 Å². The van der Waals surface area contributed by atoms with Crippen LogP contribution in [0.1, 0.15) is 20.8 Å². The highest BCUT2D eigenvalue weighted by Gasteiger charge is 2.09. The molecule has 1 aromatic rings. The molecule has 0 aliphatic rings. The predicted molar refractivity (Wildman–Crippen MR) is 92.0 cm³/mol. The van der Waals surface area contributed by atoms with Gasteiger partial charge in [0.05, 0.1) is 6.54 Å². The molecule has 0 aromatic heterocycles. The van der Waals surface area contributed by atoms with Gasteiger partial charge >= 0.3 is 0 Å². The number of rotatable bonds is 4. The second-order valence-corrected chi connectivity index (χ2v) is 5.97. The lowest BCUT2D eigenvalue weighted by Crippen LogP contribution is -2.45. The molecule has 0 saturated carbocycles. The van der Waals surface area contributed by atoms with Crippen molar-refractivity contribution in [3.05, 3.63) is 30.3 Å². The second kappa shape index (κ2) is 8.63. The van der Waals surface area contributed by atoms with Crippen molar-refractivity contribution in [2.45, 2.75) is 31.2 Å². The number of hydrogen-bond acceptors (Lipinski definition) is 2. The summed E-state index contributed by atoms with van der Waals surface area (Å²) in [5.41, 5.74) is 5.74. The van der Waals surface area contributed by atoms with E-state index in [9.17, 15) is 0 Å². The quantitative estimate of drug-likeness (QED) is 0.278. The minimum Gasteiger partial charge on any atom is -0.370 e. The lowest BCUT2D eigenvalue weighted by atomic mass is 10.1. The summed E-state index contributed by atoms with van der Waals surface area (Å²) in [6, 6.07) is 10.3. The molecule has 0 radical (unpaired) electrons. The van der Waals surface area contributed by atoms with Gasteiger partial charge in [0.1, 0.15) is 0 Å². The molecule has 0 aliphatic carbocycles. The fourth-order valence-corrected chi connectivity index (χ4v) is 2.04. The molecule has 102 valence electrons. The smallest absolute Gasteiger partial charge is 0.189 e. The van der Waals surface area contributed by atoms with Gasteiger partial charge in [0.25, 0.3) is 0 Å². The highest BCUT2D eigenvalue weighted by Crippen LogP contribution is 2.16. The predicted octanol–water partition coefficient (Wildman–Crippen LogP) is 3.10. The zero-order chi connectivity index (χ0) is 12.7. The molecule has 0 bridgehead atoms. The third-order valence-electron chi connectivity index (χ3n) is 1.89. The minimum absolute atomic E-state index is 0. The van der Waals surface area contributed by atoms with Crippen LogP contribution in [0.4, 0.5) is 0 Å². The molecular formula is C13H22IN3S. The van der Waals surface area contributed by atoms with Crippen LogP contribution < -0.4 is 11.1 Å². The van der Waals surface area contributed by atoms with Crippen molar-refractivity contribution in [3.63, 3.8) is 0 Å². The van der Waals surface area contributed by atoms with E-state index in [1.807, 2.05) is 18.2 Å². The van der Waals surface area contributed by atoms with E-state index < -0.39 is 0 Å². The van der Waals surface area contributed by atoms with Gasteiger partial charge < -0.3 is 11.1 Å². The maximum atomic E-state index is 5.77. The average Bonchev–Trinajstić information content (AvgIpc) is 2.23. The van der Waals surface area contributed by atoms with Crippen LogP contribution in [0.25, 0.3) is 0 Å². The van der Waals surface area contributed by atoms with Gasteiger partial charge in [-0.1, -0.05) is 18.2 Å². The Kier molecular flexibility index (Phi) is 8.43. The summed E-state index contributed by atoms with van der Waals surface area (Å²) in [4.78, 5) is 5.56. The van der Waals surface area contributed by atoms with E-state index in [4.69, 9.17) is 5.73 Å². The van der Waals surface area contributed by atoms with Gasteiger partial charge in [-0.15, -0.1) is 35.7 Å². The molecule has 0 aliphatic heterocycles. The summed E-state index contributed by atoms with van der Waals surface area (Å²) in [5.74, 6) is 1.46. The zero-order valence-corrected chi connectivity index (χ0v) is 14.3. The Morgan fingerprint density at radius 3 is 2.44 bits per heavy atom. The largest absolute Gasteiger partial charge is 0.370 e. The molecule has 0 heterocycles. The van der Waals surface area contributed by atoms with Crippen LogP contribution in [0.2, 0.25) is 0 Å². The lowest BCUT2D eigenvalue weighted by Gasteiger charge is -2.20.